The van der Waals surface area contributed by atoms with Crippen LogP contribution in [0.2, 0.25) is 5.15 Å². The Morgan fingerprint density at radius 3 is 2.53 bits per heavy atom. The van der Waals surface area contributed by atoms with Gasteiger partial charge in [0, 0.05) is 0 Å². The maximum atomic E-state index is 6.01. The normalized spacial score (nSPS) is 10.6. The molecule has 2 aromatic heterocycles. The van der Waals surface area contributed by atoms with Crippen molar-refractivity contribution in [1.29, 1.82) is 0 Å². The Morgan fingerprint density at radius 2 is 1.88 bits per heavy atom. The van der Waals surface area contributed by atoms with Crippen LogP contribution >= 0.6 is 11.6 Å². The first kappa shape index (κ1) is 11.9. The number of halogens is 1. The lowest BCUT2D eigenvalue weighted by molar-refractivity contribution is 0.490. The van der Waals surface area contributed by atoms with Crippen molar-refractivity contribution in [3.05, 3.63) is 40.2 Å². The van der Waals surface area contributed by atoms with Crippen molar-refractivity contribution in [2.24, 2.45) is 0 Å². The largest absolute Gasteiger partial charge is 0.465 e. The van der Waals surface area contributed by atoms with Crippen molar-refractivity contribution in [1.82, 2.24) is 9.97 Å². The van der Waals surface area contributed by atoms with Gasteiger partial charge < -0.3 is 9.73 Å². The molecule has 0 saturated heterocycles. The summed E-state index contributed by atoms with van der Waals surface area (Å²) in [6, 6.07) is 3.84. The molecule has 2 aromatic rings. The Morgan fingerprint density at radius 1 is 1.18 bits per heavy atom. The van der Waals surface area contributed by atoms with Gasteiger partial charge in [0.15, 0.2) is 11.0 Å². The maximum absolute atomic E-state index is 6.01. The number of aromatic nitrogens is 2. The molecule has 0 aliphatic heterocycles. The van der Waals surface area contributed by atoms with Crippen molar-refractivity contribution < 1.29 is 4.42 Å². The summed E-state index contributed by atoms with van der Waals surface area (Å²) in [6.45, 7) is 6.24. The molecule has 0 radical (unpaired) electrons. The van der Waals surface area contributed by atoms with Crippen LogP contribution < -0.4 is 5.32 Å². The van der Waals surface area contributed by atoms with Gasteiger partial charge in [0.2, 0.25) is 0 Å². The fourth-order valence-electron chi connectivity index (χ4n) is 1.44. The molecule has 0 amide bonds. The topological polar surface area (TPSA) is 51.0 Å². The molecular formula is C12H14ClN3O. The van der Waals surface area contributed by atoms with E-state index in [2.05, 4.69) is 15.3 Å². The molecule has 0 aromatic carbocycles. The van der Waals surface area contributed by atoms with Gasteiger partial charge >= 0.3 is 0 Å². The molecular weight excluding hydrogens is 238 g/mol. The van der Waals surface area contributed by atoms with Crippen LogP contribution in [0.5, 0.6) is 0 Å². The van der Waals surface area contributed by atoms with Crippen molar-refractivity contribution in [2.75, 3.05) is 5.32 Å². The molecule has 2 rings (SSSR count). The average molecular weight is 252 g/mol. The molecule has 0 aliphatic rings. The minimum absolute atomic E-state index is 0.386. The number of nitrogens with one attached hydrogen (secondary N) is 1. The number of rotatable bonds is 3. The van der Waals surface area contributed by atoms with E-state index in [0.29, 0.717) is 17.5 Å². The van der Waals surface area contributed by atoms with E-state index < -0.39 is 0 Å². The lowest BCUT2D eigenvalue weighted by Gasteiger charge is -2.07. The monoisotopic (exact) mass is 251 g/mol. The highest BCUT2D eigenvalue weighted by atomic mass is 35.5. The third kappa shape index (κ3) is 2.77. The van der Waals surface area contributed by atoms with E-state index in [-0.39, 0.29) is 0 Å². The minimum Gasteiger partial charge on any atom is -0.465 e. The van der Waals surface area contributed by atoms with Crippen LogP contribution in [0.25, 0.3) is 0 Å². The average Bonchev–Trinajstić information content (AvgIpc) is 2.68. The minimum atomic E-state index is 0.386. The van der Waals surface area contributed by atoms with Crippen LogP contribution in [0.4, 0.5) is 5.82 Å². The summed E-state index contributed by atoms with van der Waals surface area (Å²) in [5.41, 5.74) is 1.71. The Hall–Kier alpha value is -1.55. The molecule has 0 atom stereocenters. The summed E-state index contributed by atoms with van der Waals surface area (Å²) in [5.74, 6) is 2.32. The molecule has 0 bridgehead atoms. The van der Waals surface area contributed by atoms with E-state index in [0.717, 1.165) is 22.9 Å². The Balaban J connectivity index is 2.11. The zero-order valence-corrected chi connectivity index (χ0v) is 10.8. The predicted molar refractivity (Wildman–Crippen MR) is 67.3 cm³/mol. The smallest absolute Gasteiger partial charge is 0.171 e. The molecule has 4 nitrogen and oxygen atoms in total. The summed E-state index contributed by atoms with van der Waals surface area (Å²) < 4.78 is 5.45. The molecule has 0 fully saturated rings. The molecule has 0 spiro atoms. The summed E-state index contributed by atoms with van der Waals surface area (Å²) in [5, 5.41) is 3.50. The van der Waals surface area contributed by atoms with Gasteiger partial charge in [-0.1, -0.05) is 11.6 Å². The summed E-state index contributed by atoms with van der Waals surface area (Å²) in [6.07, 6.45) is 0. The second kappa shape index (κ2) is 4.75. The standard InChI is InChI=1S/C12H14ClN3O/c1-7-4-5-10(17-7)6-14-12-11(13)15-8(2)9(3)16-12/h4-5H,6H2,1-3H3,(H,14,16). The van der Waals surface area contributed by atoms with Crippen LogP contribution in [-0.4, -0.2) is 9.97 Å². The summed E-state index contributed by atoms with van der Waals surface area (Å²) >= 11 is 6.01. The van der Waals surface area contributed by atoms with Crippen LogP contribution in [0.15, 0.2) is 16.5 Å². The molecule has 0 saturated carbocycles. The number of furan rings is 1. The quantitative estimate of drug-likeness (QED) is 0.910. The van der Waals surface area contributed by atoms with Gasteiger partial charge in [-0.25, -0.2) is 9.97 Å². The van der Waals surface area contributed by atoms with Gasteiger partial charge in [0.1, 0.15) is 11.5 Å². The SMILES string of the molecule is Cc1ccc(CNc2nc(C)c(C)nc2Cl)o1. The molecule has 1 N–H and O–H groups in total. The Kier molecular flexibility index (Phi) is 3.33. The van der Waals surface area contributed by atoms with E-state index in [1.54, 1.807) is 0 Å². The van der Waals surface area contributed by atoms with E-state index in [1.807, 2.05) is 32.9 Å². The van der Waals surface area contributed by atoms with Gasteiger partial charge in [-0.15, -0.1) is 0 Å². The zero-order chi connectivity index (χ0) is 12.4. The number of nitrogens with zero attached hydrogens (tertiary/aromatic N) is 2. The molecule has 0 unspecified atom stereocenters. The van der Waals surface area contributed by atoms with E-state index in [4.69, 9.17) is 16.0 Å². The molecule has 0 aliphatic carbocycles. The summed E-state index contributed by atoms with van der Waals surface area (Å²) in [4.78, 5) is 8.55. The number of hydrogen-bond donors (Lipinski definition) is 1. The van der Waals surface area contributed by atoms with Crippen molar-refractivity contribution >= 4 is 17.4 Å². The Bertz CT molecular complexity index is 537. The molecule has 2 heterocycles. The number of hydrogen-bond acceptors (Lipinski definition) is 4. The van der Waals surface area contributed by atoms with Crippen molar-refractivity contribution in [2.45, 2.75) is 27.3 Å². The van der Waals surface area contributed by atoms with Crippen LogP contribution in [0.1, 0.15) is 22.9 Å². The first-order valence-corrected chi connectivity index (χ1v) is 5.74. The van der Waals surface area contributed by atoms with Gasteiger partial charge in [0.25, 0.3) is 0 Å². The highest BCUT2D eigenvalue weighted by Gasteiger charge is 2.07. The third-order valence-corrected chi connectivity index (χ3v) is 2.75. The fourth-order valence-corrected chi connectivity index (χ4v) is 1.68. The summed E-state index contributed by atoms with van der Waals surface area (Å²) in [7, 11) is 0. The lowest BCUT2D eigenvalue weighted by Crippen LogP contribution is -2.04. The predicted octanol–water partition coefficient (Wildman–Crippen LogP) is 3.26. The molecule has 17 heavy (non-hydrogen) atoms. The zero-order valence-electron chi connectivity index (χ0n) is 10.0. The van der Waals surface area contributed by atoms with Gasteiger partial charge in [-0.05, 0) is 32.9 Å². The Labute approximate surface area is 105 Å². The second-order valence-electron chi connectivity index (χ2n) is 3.90. The molecule has 5 heteroatoms. The van der Waals surface area contributed by atoms with Crippen LogP contribution in [0.3, 0.4) is 0 Å². The third-order valence-electron chi connectivity index (χ3n) is 2.49. The van der Waals surface area contributed by atoms with Crippen molar-refractivity contribution in [3.63, 3.8) is 0 Å². The van der Waals surface area contributed by atoms with Gasteiger partial charge in [-0.2, -0.15) is 0 Å². The van der Waals surface area contributed by atoms with Crippen LogP contribution in [0, 0.1) is 20.8 Å². The van der Waals surface area contributed by atoms with E-state index in [1.165, 1.54) is 0 Å². The van der Waals surface area contributed by atoms with Gasteiger partial charge in [-0.3, -0.25) is 0 Å². The fraction of sp³-hybridized carbons (Fsp3) is 0.333. The first-order chi connectivity index (χ1) is 8.06. The maximum Gasteiger partial charge on any atom is 0.171 e. The highest BCUT2D eigenvalue weighted by Crippen LogP contribution is 2.19. The number of anilines is 1. The number of aryl methyl sites for hydroxylation is 3. The van der Waals surface area contributed by atoms with E-state index in [9.17, 15) is 0 Å². The first-order valence-electron chi connectivity index (χ1n) is 5.36. The van der Waals surface area contributed by atoms with E-state index >= 15 is 0 Å². The second-order valence-corrected chi connectivity index (χ2v) is 4.26. The van der Waals surface area contributed by atoms with Gasteiger partial charge in [0.05, 0.1) is 17.9 Å². The lowest BCUT2D eigenvalue weighted by atomic mass is 10.3. The van der Waals surface area contributed by atoms with Crippen molar-refractivity contribution in [3.8, 4) is 0 Å². The highest BCUT2D eigenvalue weighted by molar-refractivity contribution is 6.31. The van der Waals surface area contributed by atoms with Crippen LogP contribution in [-0.2, 0) is 6.54 Å². The molecule has 90 valence electrons.